The Kier molecular flexibility index (Phi) is 3.95. The maximum absolute atomic E-state index is 9.36. The standard InChI is InChI=1S/C16H23N3O/c1-11(2)19-14(10-20)17-18-15(19)12-6-8-13(9-7-12)16(3,4)5/h6-9,11,20H,10H2,1-5H3. The van der Waals surface area contributed by atoms with Crippen LogP contribution in [0.2, 0.25) is 0 Å². The normalized spacial score (nSPS) is 12.2. The molecule has 2 rings (SSSR count). The van der Waals surface area contributed by atoms with Gasteiger partial charge in [-0.2, -0.15) is 0 Å². The van der Waals surface area contributed by atoms with Crippen molar-refractivity contribution in [2.24, 2.45) is 0 Å². The number of aromatic nitrogens is 3. The molecule has 0 fully saturated rings. The predicted molar refractivity (Wildman–Crippen MR) is 80.5 cm³/mol. The van der Waals surface area contributed by atoms with Gasteiger partial charge in [-0.15, -0.1) is 10.2 Å². The summed E-state index contributed by atoms with van der Waals surface area (Å²) >= 11 is 0. The molecule has 0 saturated carbocycles. The van der Waals surface area contributed by atoms with E-state index in [-0.39, 0.29) is 18.1 Å². The molecule has 0 aliphatic heterocycles. The molecule has 0 radical (unpaired) electrons. The van der Waals surface area contributed by atoms with Gasteiger partial charge < -0.3 is 9.67 Å². The molecular formula is C16H23N3O. The first-order valence-electron chi connectivity index (χ1n) is 7.00. The van der Waals surface area contributed by atoms with Crippen LogP contribution in [0.25, 0.3) is 11.4 Å². The summed E-state index contributed by atoms with van der Waals surface area (Å²) in [6, 6.07) is 8.63. The van der Waals surface area contributed by atoms with Gasteiger partial charge in [-0.3, -0.25) is 0 Å². The van der Waals surface area contributed by atoms with Crippen LogP contribution in [0.4, 0.5) is 0 Å². The molecule has 2 aromatic rings. The lowest BCUT2D eigenvalue weighted by molar-refractivity contribution is 0.262. The molecular weight excluding hydrogens is 250 g/mol. The Balaban J connectivity index is 2.45. The van der Waals surface area contributed by atoms with E-state index in [1.165, 1.54) is 5.56 Å². The highest BCUT2D eigenvalue weighted by Crippen LogP contribution is 2.27. The van der Waals surface area contributed by atoms with E-state index in [4.69, 9.17) is 0 Å². The number of aliphatic hydroxyl groups is 1. The van der Waals surface area contributed by atoms with Crippen molar-refractivity contribution in [3.63, 3.8) is 0 Å². The summed E-state index contributed by atoms with van der Waals surface area (Å²) in [5.41, 5.74) is 2.46. The average Bonchev–Trinajstić information content (AvgIpc) is 2.81. The predicted octanol–water partition coefficient (Wildman–Crippen LogP) is 3.32. The Hall–Kier alpha value is -1.68. The second-order valence-corrected chi connectivity index (χ2v) is 6.39. The lowest BCUT2D eigenvalue weighted by Gasteiger charge is -2.19. The summed E-state index contributed by atoms with van der Waals surface area (Å²) in [4.78, 5) is 0. The molecule has 0 amide bonds. The molecule has 1 heterocycles. The number of rotatable bonds is 3. The van der Waals surface area contributed by atoms with Crippen molar-refractivity contribution >= 4 is 0 Å². The van der Waals surface area contributed by atoms with Crippen molar-refractivity contribution < 1.29 is 5.11 Å². The lowest BCUT2D eigenvalue weighted by Crippen LogP contribution is -2.11. The zero-order chi connectivity index (χ0) is 14.9. The van der Waals surface area contributed by atoms with Gasteiger partial charge in [-0.25, -0.2) is 0 Å². The third-order valence-electron chi connectivity index (χ3n) is 3.43. The van der Waals surface area contributed by atoms with Crippen molar-refractivity contribution in [3.8, 4) is 11.4 Å². The third-order valence-corrected chi connectivity index (χ3v) is 3.43. The van der Waals surface area contributed by atoms with Crippen LogP contribution >= 0.6 is 0 Å². The fraction of sp³-hybridized carbons (Fsp3) is 0.500. The number of hydrogen-bond acceptors (Lipinski definition) is 3. The lowest BCUT2D eigenvalue weighted by atomic mass is 9.86. The molecule has 1 aromatic carbocycles. The number of hydrogen-bond donors (Lipinski definition) is 1. The van der Waals surface area contributed by atoms with Gasteiger partial charge in [-0.05, 0) is 24.8 Å². The van der Waals surface area contributed by atoms with Crippen LogP contribution in [0.3, 0.4) is 0 Å². The first kappa shape index (κ1) is 14.7. The highest BCUT2D eigenvalue weighted by atomic mass is 16.3. The molecule has 1 aromatic heterocycles. The summed E-state index contributed by atoms with van der Waals surface area (Å²) in [5, 5.41) is 17.6. The van der Waals surface area contributed by atoms with E-state index >= 15 is 0 Å². The summed E-state index contributed by atoms with van der Waals surface area (Å²) < 4.78 is 1.98. The molecule has 1 N–H and O–H groups in total. The van der Waals surface area contributed by atoms with Crippen molar-refractivity contribution in [2.45, 2.75) is 52.7 Å². The van der Waals surface area contributed by atoms with Crippen LogP contribution in [0.15, 0.2) is 24.3 Å². The van der Waals surface area contributed by atoms with Crippen molar-refractivity contribution in [3.05, 3.63) is 35.7 Å². The molecule has 0 bridgehead atoms. The van der Waals surface area contributed by atoms with E-state index < -0.39 is 0 Å². The SMILES string of the molecule is CC(C)n1c(CO)nnc1-c1ccc(C(C)(C)C)cc1. The maximum atomic E-state index is 9.36. The Labute approximate surface area is 120 Å². The van der Waals surface area contributed by atoms with Gasteiger partial charge in [0.15, 0.2) is 11.6 Å². The van der Waals surface area contributed by atoms with Crippen LogP contribution in [0.1, 0.15) is 52.0 Å². The third kappa shape index (κ3) is 2.75. The van der Waals surface area contributed by atoms with Gasteiger partial charge in [0.2, 0.25) is 0 Å². The van der Waals surface area contributed by atoms with E-state index in [9.17, 15) is 5.11 Å². The van der Waals surface area contributed by atoms with E-state index in [1.807, 2.05) is 4.57 Å². The second-order valence-electron chi connectivity index (χ2n) is 6.39. The summed E-state index contributed by atoms with van der Waals surface area (Å²) in [5.74, 6) is 1.42. The molecule has 0 aliphatic rings. The van der Waals surface area contributed by atoms with Crippen molar-refractivity contribution in [1.29, 1.82) is 0 Å². The van der Waals surface area contributed by atoms with Crippen molar-refractivity contribution in [2.75, 3.05) is 0 Å². The molecule has 4 heteroatoms. The molecule has 0 atom stereocenters. The average molecular weight is 273 g/mol. The zero-order valence-corrected chi connectivity index (χ0v) is 12.9. The first-order chi connectivity index (χ1) is 9.34. The van der Waals surface area contributed by atoms with Gasteiger partial charge in [0.1, 0.15) is 6.61 Å². The van der Waals surface area contributed by atoms with Gasteiger partial charge in [0.05, 0.1) is 0 Å². The molecule has 4 nitrogen and oxygen atoms in total. The Bertz CT molecular complexity index is 577. The Morgan fingerprint density at radius 2 is 1.70 bits per heavy atom. The van der Waals surface area contributed by atoms with Crippen LogP contribution in [-0.4, -0.2) is 19.9 Å². The minimum absolute atomic E-state index is 0.0920. The fourth-order valence-electron chi connectivity index (χ4n) is 2.29. The smallest absolute Gasteiger partial charge is 0.164 e. The second kappa shape index (κ2) is 5.37. The van der Waals surface area contributed by atoms with Gasteiger partial charge in [0.25, 0.3) is 0 Å². The fourth-order valence-corrected chi connectivity index (χ4v) is 2.29. The van der Waals surface area contributed by atoms with E-state index in [0.717, 1.165) is 11.4 Å². The molecule has 0 saturated heterocycles. The van der Waals surface area contributed by atoms with Crippen LogP contribution in [0, 0.1) is 0 Å². The molecule has 0 spiro atoms. The van der Waals surface area contributed by atoms with Gasteiger partial charge in [-0.1, -0.05) is 45.0 Å². The number of nitrogens with zero attached hydrogens (tertiary/aromatic N) is 3. The maximum Gasteiger partial charge on any atom is 0.164 e. The summed E-state index contributed by atoms with van der Waals surface area (Å²) in [7, 11) is 0. The molecule has 0 unspecified atom stereocenters. The molecule has 108 valence electrons. The number of aliphatic hydroxyl groups excluding tert-OH is 1. The van der Waals surface area contributed by atoms with Gasteiger partial charge in [0, 0.05) is 11.6 Å². The Morgan fingerprint density at radius 1 is 1.10 bits per heavy atom. The topological polar surface area (TPSA) is 50.9 Å². The van der Waals surface area contributed by atoms with E-state index in [1.54, 1.807) is 0 Å². The van der Waals surface area contributed by atoms with E-state index in [2.05, 4.69) is 69.1 Å². The highest BCUT2D eigenvalue weighted by molar-refractivity contribution is 5.56. The van der Waals surface area contributed by atoms with Crippen LogP contribution < -0.4 is 0 Å². The van der Waals surface area contributed by atoms with Crippen molar-refractivity contribution in [1.82, 2.24) is 14.8 Å². The quantitative estimate of drug-likeness (QED) is 0.933. The monoisotopic (exact) mass is 273 g/mol. The summed E-state index contributed by atoms with van der Waals surface area (Å²) in [6.07, 6.45) is 0. The molecule has 0 aliphatic carbocycles. The zero-order valence-electron chi connectivity index (χ0n) is 12.9. The Morgan fingerprint density at radius 3 is 2.15 bits per heavy atom. The first-order valence-corrected chi connectivity index (χ1v) is 7.00. The van der Waals surface area contributed by atoms with Gasteiger partial charge >= 0.3 is 0 Å². The minimum Gasteiger partial charge on any atom is -0.388 e. The summed E-state index contributed by atoms with van der Waals surface area (Å²) in [6.45, 7) is 10.6. The largest absolute Gasteiger partial charge is 0.388 e. The number of benzene rings is 1. The van der Waals surface area contributed by atoms with Crippen LogP contribution in [0.5, 0.6) is 0 Å². The van der Waals surface area contributed by atoms with E-state index in [0.29, 0.717) is 5.82 Å². The molecule has 20 heavy (non-hydrogen) atoms. The minimum atomic E-state index is -0.0920. The highest BCUT2D eigenvalue weighted by Gasteiger charge is 2.17. The van der Waals surface area contributed by atoms with Crippen LogP contribution in [-0.2, 0) is 12.0 Å².